The Morgan fingerprint density at radius 3 is 2.59 bits per heavy atom. The van der Waals surface area contributed by atoms with Gasteiger partial charge in [0.25, 0.3) is 5.91 Å². The molecule has 0 fully saturated rings. The predicted molar refractivity (Wildman–Crippen MR) is 133 cm³/mol. The summed E-state index contributed by atoms with van der Waals surface area (Å²) in [5.74, 6) is 0.591. The molecule has 3 nitrogen and oxygen atoms in total. The number of benzene rings is 3. The highest BCUT2D eigenvalue weighted by Crippen LogP contribution is 2.51. The molecule has 5 rings (SSSR count). The number of rotatable bonds is 4. The van der Waals surface area contributed by atoms with Gasteiger partial charge in [0.1, 0.15) is 0 Å². The van der Waals surface area contributed by atoms with Crippen LogP contribution < -0.4 is 10.2 Å². The van der Waals surface area contributed by atoms with E-state index in [1.165, 1.54) is 5.56 Å². The van der Waals surface area contributed by atoms with Gasteiger partial charge in [0.15, 0.2) is 0 Å². The third-order valence-corrected chi connectivity index (χ3v) is 7.10. The van der Waals surface area contributed by atoms with Crippen molar-refractivity contribution in [1.29, 1.82) is 0 Å². The molecular weight excluding hydrogens is 439 g/mol. The van der Waals surface area contributed by atoms with E-state index in [0.29, 0.717) is 28.1 Å². The van der Waals surface area contributed by atoms with Gasteiger partial charge in [-0.1, -0.05) is 59.6 Å². The van der Waals surface area contributed by atoms with Gasteiger partial charge < -0.3 is 10.2 Å². The molecule has 3 unspecified atom stereocenters. The Hall–Kier alpha value is -2.75. The zero-order valence-corrected chi connectivity index (χ0v) is 19.3. The topological polar surface area (TPSA) is 32.3 Å². The average Bonchev–Trinajstić information content (AvgIpc) is 3.30. The van der Waals surface area contributed by atoms with Crippen LogP contribution in [0.4, 0.5) is 11.4 Å². The lowest BCUT2D eigenvalue weighted by atomic mass is 9.76. The molecule has 5 heteroatoms. The summed E-state index contributed by atoms with van der Waals surface area (Å²) in [7, 11) is 0. The molecule has 2 aliphatic rings. The van der Waals surface area contributed by atoms with Crippen LogP contribution in [0.25, 0.3) is 0 Å². The van der Waals surface area contributed by atoms with E-state index in [9.17, 15) is 4.79 Å². The number of hydrogen-bond acceptors (Lipinski definition) is 2. The van der Waals surface area contributed by atoms with Crippen molar-refractivity contribution in [3.63, 3.8) is 0 Å². The molecule has 0 radical (unpaired) electrons. The highest BCUT2D eigenvalue weighted by atomic mass is 35.5. The van der Waals surface area contributed by atoms with E-state index in [1.807, 2.05) is 66.4 Å². The van der Waals surface area contributed by atoms with Crippen molar-refractivity contribution < 1.29 is 4.79 Å². The molecule has 0 spiro atoms. The smallest absolute Gasteiger partial charge is 0.258 e. The second-order valence-electron chi connectivity index (χ2n) is 8.33. The lowest BCUT2D eigenvalue weighted by Crippen LogP contribution is -2.32. The summed E-state index contributed by atoms with van der Waals surface area (Å²) in [5, 5.41) is 5.01. The van der Waals surface area contributed by atoms with Gasteiger partial charge >= 0.3 is 0 Å². The minimum absolute atomic E-state index is 0.0166. The number of fused-ring (bicyclic) bond motifs is 3. The summed E-state index contributed by atoms with van der Waals surface area (Å²) in [5.41, 5.74) is 4.89. The number of anilines is 2. The minimum atomic E-state index is 0.0166. The SMILES string of the molecule is CCN(C(=O)c1ccc2c(c1)C1C=CCC1C(c1ccc(Cl)cc1Cl)N2)c1ccccc1. The summed E-state index contributed by atoms with van der Waals surface area (Å²) in [6.45, 7) is 2.61. The number of amides is 1. The Labute approximate surface area is 198 Å². The van der Waals surface area contributed by atoms with Crippen molar-refractivity contribution in [2.45, 2.75) is 25.3 Å². The van der Waals surface area contributed by atoms with Gasteiger partial charge in [0.05, 0.1) is 6.04 Å². The summed E-state index contributed by atoms with van der Waals surface area (Å²) in [4.78, 5) is 15.2. The molecule has 0 bridgehead atoms. The van der Waals surface area contributed by atoms with E-state index in [-0.39, 0.29) is 17.9 Å². The number of carbonyl (C=O) groups excluding carboxylic acids is 1. The third-order valence-electron chi connectivity index (χ3n) is 6.54. The lowest BCUT2D eigenvalue weighted by Gasteiger charge is -2.38. The van der Waals surface area contributed by atoms with Crippen LogP contribution in [0.2, 0.25) is 10.0 Å². The van der Waals surface area contributed by atoms with E-state index in [0.717, 1.165) is 23.4 Å². The normalized spacial score (nSPS) is 20.9. The molecule has 3 aromatic carbocycles. The lowest BCUT2D eigenvalue weighted by molar-refractivity contribution is 0.0988. The fourth-order valence-electron chi connectivity index (χ4n) is 5.00. The number of para-hydroxylation sites is 1. The first-order chi connectivity index (χ1) is 15.6. The third kappa shape index (κ3) is 3.70. The van der Waals surface area contributed by atoms with Crippen LogP contribution in [0, 0.1) is 5.92 Å². The summed E-state index contributed by atoms with van der Waals surface area (Å²) >= 11 is 12.7. The summed E-state index contributed by atoms with van der Waals surface area (Å²) in [6, 6.07) is 21.6. The van der Waals surface area contributed by atoms with Crippen molar-refractivity contribution in [3.05, 3.63) is 106 Å². The summed E-state index contributed by atoms with van der Waals surface area (Å²) < 4.78 is 0. The van der Waals surface area contributed by atoms with Crippen LogP contribution >= 0.6 is 23.2 Å². The van der Waals surface area contributed by atoms with Crippen molar-refractivity contribution in [2.75, 3.05) is 16.8 Å². The molecule has 1 aliphatic carbocycles. The zero-order chi connectivity index (χ0) is 22.2. The van der Waals surface area contributed by atoms with Gasteiger partial charge in [-0.3, -0.25) is 4.79 Å². The maximum atomic E-state index is 13.4. The van der Waals surface area contributed by atoms with Crippen LogP contribution in [0.5, 0.6) is 0 Å². The number of nitrogens with one attached hydrogen (secondary N) is 1. The zero-order valence-electron chi connectivity index (χ0n) is 17.8. The first kappa shape index (κ1) is 21.1. The quantitative estimate of drug-likeness (QED) is 0.407. The highest BCUT2D eigenvalue weighted by molar-refractivity contribution is 6.35. The van der Waals surface area contributed by atoms with Crippen molar-refractivity contribution in [1.82, 2.24) is 0 Å². The van der Waals surface area contributed by atoms with Crippen LogP contribution in [0.3, 0.4) is 0 Å². The summed E-state index contributed by atoms with van der Waals surface area (Å²) in [6.07, 6.45) is 5.47. The Balaban J connectivity index is 1.50. The largest absolute Gasteiger partial charge is 0.378 e. The van der Waals surface area contributed by atoms with Crippen LogP contribution in [-0.2, 0) is 0 Å². The molecule has 1 heterocycles. The molecule has 1 N–H and O–H groups in total. The van der Waals surface area contributed by atoms with Crippen molar-refractivity contribution in [3.8, 4) is 0 Å². The standard InChI is InChI=1S/C27H24Cl2N2O/c1-2-31(19-7-4-3-5-8-19)27(32)17-11-14-25-23(15-17)20-9-6-10-21(20)26(30-25)22-13-12-18(28)16-24(22)29/h3-9,11-16,20-21,26,30H,2,10H2,1H3. The molecular formula is C27H24Cl2N2O. The van der Waals surface area contributed by atoms with Crippen LogP contribution in [0.1, 0.15) is 46.8 Å². The molecule has 0 saturated heterocycles. The van der Waals surface area contributed by atoms with Crippen LogP contribution in [0.15, 0.2) is 78.9 Å². The Morgan fingerprint density at radius 1 is 1.03 bits per heavy atom. The molecule has 0 saturated carbocycles. The Morgan fingerprint density at radius 2 is 1.84 bits per heavy atom. The van der Waals surface area contributed by atoms with E-state index in [2.05, 4.69) is 23.5 Å². The molecule has 3 atom stereocenters. The van der Waals surface area contributed by atoms with Crippen LogP contribution in [-0.4, -0.2) is 12.5 Å². The molecule has 32 heavy (non-hydrogen) atoms. The fourth-order valence-corrected chi connectivity index (χ4v) is 5.52. The van der Waals surface area contributed by atoms with Crippen molar-refractivity contribution in [2.24, 2.45) is 5.92 Å². The molecule has 1 amide bonds. The first-order valence-corrected chi connectivity index (χ1v) is 11.7. The number of halogens is 2. The Kier molecular flexibility index (Phi) is 5.71. The second-order valence-corrected chi connectivity index (χ2v) is 9.17. The minimum Gasteiger partial charge on any atom is -0.378 e. The second kappa shape index (κ2) is 8.65. The first-order valence-electron chi connectivity index (χ1n) is 11.0. The van der Waals surface area contributed by atoms with Gasteiger partial charge in [-0.05, 0) is 72.9 Å². The van der Waals surface area contributed by atoms with E-state index < -0.39 is 0 Å². The van der Waals surface area contributed by atoms with Crippen molar-refractivity contribution >= 4 is 40.5 Å². The van der Waals surface area contributed by atoms with Gasteiger partial charge in [-0.2, -0.15) is 0 Å². The molecule has 3 aromatic rings. The maximum Gasteiger partial charge on any atom is 0.258 e. The van der Waals surface area contributed by atoms with Gasteiger partial charge in [0, 0.05) is 39.4 Å². The average molecular weight is 463 g/mol. The Bertz CT molecular complexity index is 1190. The van der Waals surface area contributed by atoms with E-state index in [1.54, 1.807) is 6.07 Å². The molecule has 0 aromatic heterocycles. The monoisotopic (exact) mass is 462 g/mol. The molecule has 1 aliphatic heterocycles. The van der Waals surface area contributed by atoms with Gasteiger partial charge in [-0.15, -0.1) is 0 Å². The predicted octanol–water partition coefficient (Wildman–Crippen LogP) is 7.49. The number of nitrogens with zero attached hydrogens (tertiary/aromatic N) is 1. The van der Waals surface area contributed by atoms with E-state index >= 15 is 0 Å². The van der Waals surface area contributed by atoms with Gasteiger partial charge in [-0.25, -0.2) is 0 Å². The number of allylic oxidation sites excluding steroid dienone is 2. The fraction of sp³-hybridized carbons (Fsp3) is 0.222. The number of hydrogen-bond donors (Lipinski definition) is 1. The molecule has 162 valence electrons. The highest BCUT2D eigenvalue weighted by Gasteiger charge is 2.39. The van der Waals surface area contributed by atoms with Gasteiger partial charge in [0.2, 0.25) is 0 Å². The maximum absolute atomic E-state index is 13.4. The number of carbonyl (C=O) groups is 1. The van der Waals surface area contributed by atoms with E-state index in [4.69, 9.17) is 23.2 Å².